The molecule has 0 spiro atoms. The molecule has 7 nitrogen and oxygen atoms in total. The molecule has 2 aliphatic rings. The average Bonchev–Trinajstić information content (AvgIpc) is 3.67. The van der Waals surface area contributed by atoms with Crippen LogP contribution in [0.15, 0.2) is 48.8 Å². The van der Waals surface area contributed by atoms with Gasteiger partial charge in [0.25, 0.3) is 0 Å². The summed E-state index contributed by atoms with van der Waals surface area (Å²) in [7, 11) is 1.70. The van der Waals surface area contributed by atoms with Crippen LogP contribution in [0.5, 0.6) is 5.75 Å². The fraction of sp³-hybridized carbons (Fsp3) is 0.452. The number of imidazole rings is 1. The number of methoxy groups -OCH3 is 1. The highest BCUT2D eigenvalue weighted by molar-refractivity contribution is 5.76. The van der Waals surface area contributed by atoms with Crippen LogP contribution in [-0.4, -0.2) is 52.8 Å². The van der Waals surface area contributed by atoms with E-state index in [0.29, 0.717) is 6.04 Å². The second-order valence-corrected chi connectivity index (χ2v) is 11.8. The lowest BCUT2D eigenvalue weighted by atomic mass is 9.84. The number of aryl methyl sites for hydroxylation is 1. The molecule has 6 rings (SSSR count). The quantitative estimate of drug-likeness (QED) is 0.332. The molecule has 7 heteroatoms. The lowest BCUT2D eigenvalue weighted by Gasteiger charge is -2.36. The molecule has 0 bridgehead atoms. The van der Waals surface area contributed by atoms with Crippen LogP contribution in [0.1, 0.15) is 62.0 Å². The zero-order valence-electron chi connectivity index (χ0n) is 23.2. The Morgan fingerprint density at radius 2 is 1.63 bits per heavy atom. The van der Waals surface area contributed by atoms with Crippen molar-refractivity contribution in [3.05, 3.63) is 71.2 Å². The predicted molar refractivity (Wildman–Crippen MR) is 154 cm³/mol. The maximum absolute atomic E-state index is 5.32. The number of rotatable bonds is 6. The molecule has 0 atom stereocenters. The van der Waals surface area contributed by atoms with Gasteiger partial charge in [-0.25, -0.2) is 9.97 Å². The summed E-state index contributed by atoms with van der Waals surface area (Å²) in [4.78, 5) is 19.7. The molecule has 0 unspecified atom stereocenters. The monoisotopic (exact) mass is 510 g/mol. The molecule has 0 amide bonds. The van der Waals surface area contributed by atoms with Gasteiger partial charge in [0.15, 0.2) is 5.65 Å². The summed E-state index contributed by atoms with van der Waals surface area (Å²) in [5.41, 5.74) is 8.32. The normalized spacial score (nSPS) is 16.3. The minimum atomic E-state index is 0.105. The Hall–Kier alpha value is -3.61. The molecule has 4 aromatic rings. The second kappa shape index (κ2) is 9.61. The Balaban J connectivity index is 1.30. The second-order valence-electron chi connectivity index (χ2n) is 11.8. The van der Waals surface area contributed by atoms with E-state index in [1.165, 1.54) is 35.2 Å². The summed E-state index contributed by atoms with van der Waals surface area (Å²) in [6, 6.07) is 15.7. The van der Waals surface area contributed by atoms with E-state index < -0.39 is 0 Å². The zero-order chi connectivity index (χ0) is 26.4. The lowest BCUT2D eigenvalue weighted by Crippen LogP contribution is -2.47. The van der Waals surface area contributed by atoms with Crippen molar-refractivity contribution in [2.45, 2.75) is 58.4 Å². The third-order valence-electron chi connectivity index (χ3n) is 8.00. The standard InChI is InChI=1S/C31H38N6O/c1-21-6-7-23(31(2,3)4)18-22(21)19-27-28-29(32-20-37(28)25-8-9-25)34-30(33-27)36-16-14-35(15-17-36)24-10-12-26(38-5)13-11-24/h6-7,10-13,18,20,25H,8-9,14-17,19H2,1-5H3. The van der Waals surface area contributed by atoms with Crippen LogP contribution in [0.3, 0.4) is 0 Å². The van der Waals surface area contributed by atoms with Crippen molar-refractivity contribution >= 4 is 22.8 Å². The Morgan fingerprint density at radius 3 is 2.29 bits per heavy atom. The SMILES string of the molecule is COc1ccc(N2CCN(c3nc(Cc4cc(C(C)(C)C)ccc4C)c4c(ncn4C4CC4)n3)CC2)cc1. The minimum Gasteiger partial charge on any atom is -0.497 e. The number of hydrogen-bond donors (Lipinski definition) is 0. The van der Waals surface area contributed by atoms with Gasteiger partial charge < -0.3 is 19.1 Å². The first-order valence-corrected chi connectivity index (χ1v) is 13.8. The summed E-state index contributed by atoms with van der Waals surface area (Å²) in [5, 5.41) is 0. The van der Waals surface area contributed by atoms with Crippen molar-refractivity contribution in [2.24, 2.45) is 0 Å². The molecule has 3 heterocycles. The van der Waals surface area contributed by atoms with Gasteiger partial charge in [0.1, 0.15) is 11.3 Å². The number of fused-ring (bicyclic) bond motifs is 1. The number of nitrogens with zero attached hydrogens (tertiary/aromatic N) is 6. The van der Waals surface area contributed by atoms with Gasteiger partial charge in [-0.1, -0.05) is 39.0 Å². The van der Waals surface area contributed by atoms with Gasteiger partial charge in [-0.3, -0.25) is 0 Å². The Labute approximate surface area is 225 Å². The van der Waals surface area contributed by atoms with E-state index in [4.69, 9.17) is 19.7 Å². The molecule has 1 saturated carbocycles. The molecule has 2 aromatic carbocycles. The van der Waals surface area contributed by atoms with E-state index >= 15 is 0 Å². The number of piperazine rings is 1. The summed E-state index contributed by atoms with van der Waals surface area (Å²) >= 11 is 0. The molecule has 0 N–H and O–H groups in total. The lowest BCUT2D eigenvalue weighted by molar-refractivity contribution is 0.415. The van der Waals surface area contributed by atoms with Crippen molar-refractivity contribution in [2.75, 3.05) is 43.1 Å². The van der Waals surface area contributed by atoms with Crippen LogP contribution in [0.2, 0.25) is 0 Å². The van der Waals surface area contributed by atoms with Crippen LogP contribution in [0.4, 0.5) is 11.6 Å². The average molecular weight is 511 g/mol. The van der Waals surface area contributed by atoms with E-state index in [2.05, 4.69) is 72.4 Å². The maximum Gasteiger partial charge on any atom is 0.227 e. The molecule has 1 aliphatic heterocycles. The van der Waals surface area contributed by atoms with Gasteiger partial charge in [0, 0.05) is 44.3 Å². The minimum absolute atomic E-state index is 0.105. The summed E-state index contributed by atoms with van der Waals surface area (Å²) < 4.78 is 7.64. The van der Waals surface area contributed by atoms with E-state index in [0.717, 1.165) is 61.2 Å². The number of anilines is 2. The first kappa shape index (κ1) is 24.7. The summed E-state index contributed by atoms with van der Waals surface area (Å²) in [6.45, 7) is 12.6. The van der Waals surface area contributed by atoms with E-state index in [-0.39, 0.29) is 5.41 Å². The number of benzene rings is 2. The highest BCUT2D eigenvalue weighted by Crippen LogP contribution is 2.38. The van der Waals surface area contributed by atoms with E-state index in [1.54, 1.807) is 7.11 Å². The first-order valence-electron chi connectivity index (χ1n) is 13.8. The van der Waals surface area contributed by atoms with Crippen molar-refractivity contribution in [1.82, 2.24) is 19.5 Å². The fourth-order valence-corrected chi connectivity index (χ4v) is 5.37. The first-order chi connectivity index (χ1) is 18.3. The maximum atomic E-state index is 5.32. The predicted octanol–water partition coefficient (Wildman–Crippen LogP) is 5.69. The molecule has 38 heavy (non-hydrogen) atoms. The number of aromatic nitrogens is 4. The van der Waals surface area contributed by atoms with Crippen molar-refractivity contribution < 1.29 is 4.74 Å². The van der Waals surface area contributed by atoms with E-state index in [1.807, 2.05) is 18.5 Å². The van der Waals surface area contributed by atoms with E-state index in [9.17, 15) is 0 Å². The van der Waals surface area contributed by atoms with Crippen LogP contribution < -0.4 is 14.5 Å². The number of hydrogen-bond acceptors (Lipinski definition) is 6. The van der Waals surface area contributed by atoms with Crippen LogP contribution >= 0.6 is 0 Å². The van der Waals surface area contributed by atoms with Crippen molar-refractivity contribution in [3.63, 3.8) is 0 Å². The zero-order valence-corrected chi connectivity index (χ0v) is 23.2. The molecule has 2 fully saturated rings. The third-order valence-corrected chi connectivity index (χ3v) is 8.00. The van der Waals surface area contributed by atoms with Crippen LogP contribution in [0.25, 0.3) is 11.2 Å². The largest absolute Gasteiger partial charge is 0.497 e. The van der Waals surface area contributed by atoms with Crippen LogP contribution in [0, 0.1) is 6.92 Å². The van der Waals surface area contributed by atoms with Crippen molar-refractivity contribution in [3.8, 4) is 5.75 Å². The fourth-order valence-electron chi connectivity index (χ4n) is 5.37. The number of ether oxygens (including phenoxy) is 1. The molecule has 0 radical (unpaired) electrons. The Morgan fingerprint density at radius 1 is 0.921 bits per heavy atom. The molecule has 2 aromatic heterocycles. The van der Waals surface area contributed by atoms with Gasteiger partial charge >= 0.3 is 0 Å². The van der Waals surface area contributed by atoms with Crippen molar-refractivity contribution in [1.29, 1.82) is 0 Å². The van der Waals surface area contributed by atoms with Gasteiger partial charge in [-0.05, 0) is 66.1 Å². The molecular weight excluding hydrogens is 472 g/mol. The van der Waals surface area contributed by atoms with Crippen LogP contribution in [-0.2, 0) is 11.8 Å². The molecule has 198 valence electrons. The Bertz CT molecular complexity index is 1440. The summed E-state index contributed by atoms with van der Waals surface area (Å²) in [6.07, 6.45) is 5.17. The highest BCUT2D eigenvalue weighted by Gasteiger charge is 2.29. The molecule has 1 saturated heterocycles. The van der Waals surface area contributed by atoms with Gasteiger partial charge in [-0.2, -0.15) is 4.98 Å². The highest BCUT2D eigenvalue weighted by atomic mass is 16.5. The van der Waals surface area contributed by atoms with Gasteiger partial charge in [-0.15, -0.1) is 0 Å². The molecular formula is C31H38N6O. The molecule has 1 aliphatic carbocycles. The van der Waals surface area contributed by atoms with Gasteiger partial charge in [0.2, 0.25) is 5.95 Å². The topological polar surface area (TPSA) is 59.3 Å². The third kappa shape index (κ3) is 4.82. The summed E-state index contributed by atoms with van der Waals surface area (Å²) in [5.74, 6) is 1.68. The Kier molecular flexibility index (Phi) is 6.25. The smallest absolute Gasteiger partial charge is 0.227 e. The van der Waals surface area contributed by atoms with Gasteiger partial charge in [0.05, 0.1) is 19.1 Å².